The zero-order chi connectivity index (χ0) is 19.1. The van der Waals surface area contributed by atoms with Crippen molar-refractivity contribution in [3.05, 3.63) is 74.9 Å². The van der Waals surface area contributed by atoms with Gasteiger partial charge in [0, 0.05) is 26.7 Å². The number of hydrogen-bond donors (Lipinski definition) is 3. The molecule has 2 atom stereocenters. The van der Waals surface area contributed by atoms with Gasteiger partial charge >= 0.3 is 0 Å². The van der Waals surface area contributed by atoms with Crippen molar-refractivity contribution in [2.24, 2.45) is 0 Å². The van der Waals surface area contributed by atoms with E-state index in [0.29, 0.717) is 10.8 Å². The molecule has 1 saturated heterocycles. The number of halogens is 1. The number of rotatable bonds is 3. The molecular weight excluding hydrogens is 471 g/mol. The number of phenolic OH excluding ortho intramolecular Hbond substituents is 1. The number of nitrogens with one attached hydrogen (secondary N) is 2. The molecule has 27 heavy (non-hydrogen) atoms. The standard InChI is InChI=1S/C20H19IN4OS/c1-11-16(17(21)12(2)23-11)19-18(13-7-5-6-10-22-13)24-20(27)25(19)14-8-3-4-9-15(14)26/h3-10,18-19,23,26H,1-2H3,(H,24,27)/t18-,19-/m1/s1. The van der Waals surface area contributed by atoms with Gasteiger partial charge in [-0.25, -0.2) is 0 Å². The Morgan fingerprint density at radius 2 is 1.85 bits per heavy atom. The van der Waals surface area contributed by atoms with E-state index < -0.39 is 0 Å². The number of nitrogens with zero attached hydrogens (tertiary/aromatic N) is 2. The molecule has 2 aromatic heterocycles. The van der Waals surface area contributed by atoms with E-state index in [0.717, 1.165) is 17.1 Å². The monoisotopic (exact) mass is 490 g/mol. The van der Waals surface area contributed by atoms with E-state index in [1.807, 2.05) is 41.3 Å². The van der Waals surface area contributed by atoms with Crippen LogP contribution in [0.1, 0.15) is 34.7 Å². The lowest BCUT2D eigenvalue weighted by Crippen LogP contribution is -2.29. The predicted octanol–water partition coefficient (Wildman–Crippen LogP) is 4.51. The van der Waals surface area contributed by atoms with E-state index in [1.165, 1.54) is 9.13 Å². The number of anilines is 1. The van der Waals surface area contributed by atoms with Crippen LogP contribution in [0.2, 0.25) is 0 Å². The van der Waals surface area contributed by atoms with Crippen LogP contribution in [-0.4, -0.2) is 20.2 Å². The Balaban J connectivity index is 1.92. The minimum absolute atomic E-state index is 0.124. The first-order chi connectivity index (χ1) is 13.0. The number of hydrogen-bond acceptors (Lipinski definition) is 3. The molecule has 4 rings (SSSR count). The molecule has 0 unspecified atom stereocenters. The molecule has 0 radical (unpaired) electrons. The molecule has 0 amide bonds. The second-order valence-corrected chi connectivity index (χ2v) is 8.05. The number of phenols is 1. The topological polar surface area (TPSA) is 64.2 Å². The number of H-pyrrole nitrogens is 1. The van der Waals surface area contributed by atoms with Gasteiger partial charge < -0.3 is 20.3 Å². The lowest BCUT2D eigenvalue weighted by atomic mass is 9.96. The van der Waals surface area contributed by atoms with E-state index in [2.05, 4.69) is 51.7 Å². The molecule has 1 aliphatic heterocycles. The van der Waals surface area contributed by atoms with Crippen molar-refractivity contribution in [3.8, 4) is 5.75 Å². The lowest BCUT2D eigenvalue weighted by molar-refractivity contribution is 0.472. The quantitative estimate of drug-likeness (QED) is 0.373. The summed E-state index contributed by atoms with van der Waals surface area (Å²) in [6.45, 7) is 4.14. The second kappa shape index (κ2) is 7.12. The van der Waals surface area contributed by atoms with E-state index in [-0.39, 0.29) is 17.8 Å². The van der Waals surface area contributed by atoms with Gasteiger partial charge in [-0.3, -0.25) is 4.98 Å². The average molecular weight is 490 g/mol. The summed E-state index contributed by atoms with van der Waals surface area (Å²) in [5.74, 6) is 0.202. The van der Waals surface area contributed by atoms with E-state index >= 15 is 0 Å². The van der Waals surface area contributed by atoms with E-state index in [4.69, 9.17) is 12.2 Å². The fourth-order valence-corrected chi connectivity index (χ4v) is 4.89. The second-order valence-electron chi connectivity index (χ2n) is 6.59. The minimum Gasteiger partial charge on any atom is -0.506 e. The summed E-state index contributed by atoms with van der Waals surface area (Å²) in [4.78, 5) is 10.0. The Hall–Kier alpha value is -2.13. The van der Waals surface area contributed by atoms with Crippen LogP contribution in [0, 0.1) is 17.4 Å². The Bertz CT molecular complexity index is 1000. The first-order valence-corrected chi connectivity index (χ1v) is 10.1. The molecule has 0 saturated carbocycles. The number of aromatic nitrogens is 2. The number of benzene rings is 1. The summed E-state index contributed by atoms with van der Waals surface area (Å²) in [6.07, 6.45) is 1.79. The number of aromatic amines is 1. The summed E-state index contributed by atoms with van der Waals surface area (Å²) in [6, 6.07) is 12.9. The zero-order valence-corrected chi connectivity index (χ0v) is 17.9. The summed E-state index contributed by atoms with van der Waals surface area (Å²) >= 11 is 8.07. The van der Waals surface area contributed by atoms with E-state index in [1.54, 1.807) is 12.3 Å². The van der Waals surface area contributed by atoms with Crippen molar-refractivity contribution in [2.45, 2.75) is 25.9 Å². The molecule has 3 aromatic rings. The molecule has 5 nitrogen and oxygen atoms in total. The third-order valence-corrected chi connectivity index (χ3v) is 6.58. The zero-order valence-electron chi connectivity index (χ0n) is 14.9. The van der Waals surface area contributed by atoms with Crippen molar-refractivity contribution in [1.29, 1.82) is 0 Å². The summed E-state index contributed by atoms with van der Waals surface area (Å²) in [5.41, 5.74) is 4.98. The number of para-hydroxylation sites is 2. The third kappa shape index (κ3) is 3.08. The van der Waals surface area contributed by atoms with Crippen molar-refractivity contribution in [2.75, 3.05) is 4.90 Å². The van der Waals surface area contributed by atoms with Crippen LogP contribution in [-0.2, 0) is 0 Å². The predicted molar refractivity (Wildman–Crippen MR) is 119 cm³/mol. The van der Waals surface area contributed by atoms with Gasteiger partial charge in [0.15, 0.2) is 5.11 Å². The fraction of sp³-hybridized carbons (Fsp3) is 0.200. The molecule has 3 heterocycles. The highest BCUT2D eigenvalue weighted by Gasteiger charge is 2.43. The van der Waals surface area contributed by atoms with Crippen LogP contribution in [0.3, 0.4) is 0 Å². The number of aryl methyl sites for hydroxylation is 2. The first-order valence-electron chi connectivity index (χ1n) is 8.62. The Kier molecular flexibility index (Phi) is 4.81. The van der Waals surface area contributed by atoms with Crippen LogP contribution < -0.4 is 10.2 Å². The van der Waals surface area contributed by atoms with Crippen molar-refractivity contribution in [1.82, 2.24) is 15.3 Å². The molecule has 3 N–H and O–H groups in total. The number of aromatic hydroxyl groups is 1. The summed E-state index contributed by atoms with van der Waals surface area (Å²) < 4.78 is 1.17. The summed E-state index contributed by atoms with van der Waals surface area (Å²) in [5, 5.41) is 14.5. The molecule has 7 heteroatoms. The van der Waals surface area contributed by atoms with E-state index in [9.17, 15) is 5.11 Å². The Morgan fingerprint density at radius 3 is 2.48 bits per heavy atom. The fourth-order valence-electron chi connectivity index (χ4n) is 3.70. The number of thiocarbonyl (C=S) groups is 1. The molecule has 1 fully saturated rings. The van der Waals surface area contributed by atoms with Gasteiger partial charge in [-0.2, -0.15) is 0 Å². The average Bonchev–Trinajstić information content (AvgIpc) is 3.12. The first kappa shape index (κ1) is 18.2. The number of pyridine rings is 1. The van der Waals surface area contributed by atoms with Gasteiger partial charge in [-0.1, -0.05) is 18.2 Å². The maximum atomic E-state index is 10.5. The van der Waals surface area contributed by atoms with Crippen LogP contribution in [0.25, 0.3) is 0 Å². The van der Waals surface area contributed by atoms with Crippen LogP contribution >= 0.6 is 34.8 Å². The van der Waals surface area contributed by atoms with Gasteiger partial charge in [0.2, 0.25) is 0 Å². The highest BCUT2D eigenvalue weighted by molar-refractivity contribution is 14.1. The van der Waals surface area contributed by atoms with Crippen LogP contribution in [0.4, 0.5) is 5.69 Å². The molecule has 0 bridgehead atoms. The largest absolute Gasteiger partial charge is 0.506 e. The van der Waals surface area contributed by atoms with Gasteiger partial charge in [-0.15, -0.1) is 0 Å². The van der Waals surface area contributed by atoms with Crippen LogP contribution in [0.15, 0.2) is 48.7 Å². The van der Waals surface area contributed by atoms with Gasteiger partial charge in [0.05, 0.1) is 23.5 Å². The molecule has 1 aromatic carbocycles. The molecule has 1 aliphatic rings. The molecule has 0 aliphatic carbocycles. The Morgan fingerprint density at radius 1 is 1.11 bits per heavy atom. The smallest absolute Gasteiger partial charge is 0.174 e. The lowest BCUT2D eigenvalue weighted by Gasteiger charge is -2.29. The highest BCUT2D eigenvalue weighted by Crippen LogP contribution is 2.46. The van der Waals surface area contributed by atoms with Crippen molar-refractivity contribution < 1.29 is 5.11 Å². The van der Waals surface area contributed by atoms with Crippen LogP contribution in [0.5, 0.6) is 5.75 Å². The maximum absolute atomic E-state index is 10.5. The SMILES string of the molecule is Cc1[nH]c(C)c([C@@H]2[C@@H](c3ccccn3)NC(=S)N2c2ccccc2O)c1I. The van der Waals surface area contributed by atoms with Crippen molar-refractivity contribution in [3.63, 3.8) is 0 Å². The summed E-state index contributed by atoms with van der Waals surface area (Å²) in [7, 11) is 0. The molecule has 138 valence electrons. The normalized spacial score (nSPS) is 19.4. The van der Waals surface area contributed by atoms with Gasteiger partial charge in [0.25, 0.3) is 0 Å². The van der Waals surface area contributed by atoms with Gasteiger partial charge in [-0.05, 0) is 72.9 Å². The minimum atomic E-state index is -0.127. The molecule has 0 spiro atoms. The highest BCUT2D eigenvalue weighted by atomic mass is 127. The Labute approximate surface area is 177 Å². The maximum Gasteiger partial charge on any atom is 0.174 e. The van der Waals surface area contributed by atoms with Crippen molar-refractivity contribution >= 4 is 45.6 Å². The van der Waals surface area contributed by atoms with Gasteiger partial charge in [0.1, 0.15) is 5.75 Å². The molecular formula is C20H19IN4OS. The third-order valence-electron chi connectivity index (χ3n) is 4.88.